The molecule has 1 fully saturated rings. The number of aromatic nitrogens is 1. The van der Waals surface area contributed by atoms with Gasteiger partial charge < -0.3 is 4.98 Å². The van der Waals surface area contributed by atoms with Gasteiger partial charge in [0.2, 0.25) is 0 Å². The number of nitriles is 1. The number of benzene rings is 1. The fraction of sp³-hybridized carbons (Fsp3) is 0.368. The van der Waals surface area contributed by atoms with Crippen LogP contribution < -0.4 is 5.56 Å². The van der Waals surface area contributed by atoms with Crippen LogP contribution in [0.1, 0.15) is 43.4 Å². The van der Waals surface area contributed by atoms with Crippen molar-refractivity contribution in [3.63, 3.8) is 0 Å². The Morgan fingerprint density at radius 3 is 2.65 bits per heavy atom. The van der Waals surface area contributed by atoms with Crippen LogP contribution in [0.4, 0.5) is 5.69 Å². The van der Waals surface area contributed by atoms with Gasteiger partial charge in [0, 0.05) is 22.6 Å². The maximum absolute atomic E-state index is 12.0. The Morgan fingerprint density at radius 2 is 2.00 bits per heavy atom. The van der Waals surface area contributed by atoms with Gasteiger partial charge in [0.1, 0.15) is 11.6 Å². The molecule has 0 unspecified atom stereocenters. The fourth-order valence-electron chi connectivity index (χ4n) is 3.32. The standard InChI is InChI=1S/C19H19N3O3S/c1-12-9-15(16(11-20)19(23)21-12)13-7-8-18(17(10-13)22(24)25)26-14-5-3-2-4-6-14/h7-10,14H,2-6H2,1H3,(H,21,23). The van der Waals surface area contributed by atoms with Crippen LogP contribution in [-0.4, -0.2) is 15.2 Å². The molecule has 26 heavy (non-hydrogen) atoms. The lowest BCUT2D eigenvalue weighted by Gasteiger charge is -2.21. The summed E-state index contributed by atoms with van der Waals surface area (Å²) < 4.78 is 0. The highest BCUT2D eigenvalue weighted by atomic mass is 32.2. The smallest absolute Gasteiger partial charge is 0.283 e. The summed E-state index contributed by atoms with van der Waals surface area (Å²) in [6.07, 6.45) is 5.73. The van der Waals surface area contributed by atoms with Gasteiger partial charge >= 0.3 is 0 Å². The van der Waals surface area contributed by atoms with E-state index in [1.54, 1.807) is 36.9 Å². The van der Waals surface area contributed by atoms with Gasteiger partial charge in [-0.3, -0.25) is 14.9 Å². The van der Waals surface area contributed by atoms with E-state index in [1.165, 1.54) is 25.3 Å². The molecule has 0 radical (unpaired) electrons. The van der Waals surface area contributed by atoms with E-state index >= 15 is 0 Å². The van der Waals surface area contributed by atoms with Gasteiger partial charge in [0.25, 0.3) is 11.2 Å². The quantitative estimate of drug-likeness (QED) is 0.629. The van der Waals surface area contributed by atoms with Crippen molar-refractivity contribution in [2.24, 2.45) is 0 Å². The second-order valence-corrected chi connectivity index (χ2v) is 7.84. The molecule has 0 saturated heterocycles. The van der Waals surface area contributed by atoms with Crippen LogP contribution in [0.25, 0.3) is 11.1 Å². The van der Waals surface area contributed by atoms with Gasteiger partial charge in [-0.05, 0) is 37.5 Å². The minimum Gasteiger partial charge on any atom is -0.325 e. The van der Waals surface area contributed by atoms with Gasteiger partial charge in [-0.15, -0.1) is 11.8 Å². The molecule has 1 aliphatic rings. The number of hydrogen-bond acceptors (Lipinski definition) is 5. The molecule has 1 heterocycles. The Labute approximate surface area is 155 Å². The van der Waals surface area contributed by atoms with E-state index in [4.69, 9.17) is 0 Å². The zero-order valence-electron chi connectivity index (χ0n) is 14.4. The number of aryl methyl sites for hydroxylation is 1. The molecule has 0 amide bonds. The summed E-state index contributed by atoms with van der Waals surface area (Å²) in [4.78, 5) is 26.4. The van der Waals surface area contributed by atoms with Crippen molar-refractivity contribution in [2.45, 2.75) is 49.2 Å². The lowest BCUT2D eigenvalue weighted by Crippen LogP contribution is -2.12. The van der Waals surface area contributed by atoms with Crippen LogP contribution in [-0.2, 0) is 0 Å². The third kappa shape index (κ3) is 3.81. The van der Waals surface area contributed by atoms with Crippen molar-refractivity contribution in [2.75, 3.05) is 0 Å². The van der Waals surface area contributed by atoms with E-state index in [9.17, 15) is 20.2 Å². The predicted octanol–water partition coefficient (Wildman–Crippen LogP) is 4.56. The van der Waals surface area contributed by atoms with E-state index in [0.717, 1.165) is 12.8 Å². The molecule has 0 spiro atoms. The first-order valence-corrected chi connectivity index (χ1v) is 9.47. The summed E-state index contributed by atoms with van der Waals surface area (Å²) in [5.41, 5.74) is 1.05. The fourth-order valence-corrected chi connectivity index (χ4v) is 4.65. The largest absolute Gasteiger partial charge is 0.325 e. The van der Waals surface area contributed by atoms with Crippen LogP contribution >= 0.6 is 11.8 Å². The molecule has 2 aromatic rings. The van der Waals surface area contributed by atoms with Gasteiger partial charge in [-0.25, -0.2) is 0 Å². The van der Waals surface area contributed by atoms with Crippen LogP contribution in [0.3, 0.4) is 0 Å². The van der Waals surface area contributed by atoms with Crippen molar-refractivity contribution in [3.05, 3.63) is 56.0 Å². The van der Waals surface area contributed by atoms with Crippen molar-refractivity contribution in [1.29, 1.82) is 5.26 Å². The number of nitro benzene ring substituents is 1. The van der Waals surface area contributed by atoms with E-state index in [0.29, 0.717) is 27.0 Å². The van der Waals surface area contributed by atoms with E-state index in [1.807, 2.05) is 6.07 Å². The van der Waals surface area contributed by atoms with E-state index < -0.39 is 5.56 Å². The van der Waals surface area contributed by atoms with Crippen LogP contribution in [0.5, 0.6) is 0 Å². The monoisotopic (exact) mass is 369 g/mol. The number of hydrogen-bond donors (Lipinski definition) is 1. The molecular formula is C19H19N3O3S. The number of nitro groups is 1. The van der Waals surface area contributed by atoms with Gasteiger partial charge in [0.15, 0.2) is 0 Å². The zero-order valence-corrected chi connectivity index (χ0v) is 15.3. The topological polar surface area (TPSA) is 99.8 Å². The maximum atomic E-state index is 12.0. The van der Waals surface area contributed by atoms with Crippen LogP contribution in [0.15, 0.2) is 34.0 Å². The Hall–Kier alpha value is -2.59. The minimum atomic E-state index is -0.481. The van der Waals surface area contributed by atoms with Crippen LogP contribution in [0.2, 0.25) is 0 Å². The Balaban J connectivity index is 2.03. The number of aromatic amines is 1. The highest BCUT2D eigenvalue weighted by molar-refractivity contribution is 8.00. The Morgan fingerprint density at radius 1 is 1.27 bits per heavy atom. The highest BCUT2D eigenvalue weighted by Gasteiger charge is 2.22. The summed E-state index contributed by atoms with van der Waals surface area (Å²) in [5, 5.41) is 21.3. The first-order chi connectivity index (χ1) is 12.5. The van der Waals surface area contributed by atoms with Crippen molar-refractivity contribution < 1.29 is 4.92 Å². The zero-order chi connectivity index (χ0) is 18.7. The maximum Gasteiger partial charge on any atom is 0.283 e. The lowest BCUT2D eigenvalue weighted by molar-refractivity contribution is -0.387. The molecule has 134 valence electrons. The Bertz CT molecular complexity index is 940. The minimum absolute atomic E-state index is 0.0277. The first-order valence-electron chi connectivity index (χ1n) is 8.59. The molecule has 1 aromatic heterocycles. The molecule has 0 bridgehead atoms. The second kappa shape index (κ2) is 7.75. The second-order valence-electron chi connectivity index (χ2n) is 6.50. The van der Waals surface area contributed by atoms with Crippen molar-refractivity contribution in [3.8, 4) is 17.2 Å². The Kier molecular flexibility index (Phi) is 5.43. The predicted molar refractivity (Wildman–Crippen MR) is 101 cm³/mol. The van der Waals surface area contributed by atoms with Gasteiger partial charge in [-0.1, -0.05) is 25.3 Å². The number of H-pyrrole nitrogens is 1. The highest BCUT2D eigenvalue weighted by Crippen LogP contribution is 2.40. The average molecular weight is 369 g/mol. The molecule has 0 atom stereocenters. The first kappa shape index (κ1) is 18.2. The third-order valence-corrected chi connectivity index (χ3v) is 6.00. The average Bonchev–Trinajstić information content (AvgIpc) is 2.62. The molecule has 1 N–H and O–H groups in total. The van der Waals surface area contributed by atoms with Crippen LogP contribution in [0, 0.1) is 28.4 Å². The molecule has 1 aliphatic carbocycles. The number of pyridine rings is 1. The normalized spacial score (nSPS) is 14.8. The molecule has 1 saturated carbocycles. The van der Waals surface area contributed by atoms with E-state index in [-0.39, 0.29) is 16.2 Å². The lowest BCUT2D eigenvalue weighted by atomic mass is 10.0. The van der Waals surface area contributed by atoms with Gasteiger partial charge in [-0.2, -0.15) is 5.26 Å². The summed E-state index contributed by atoms with van der Waals surface area (Å²) in [5.74, 6) is 0. The molecule has 7 heteroatoms. The molecule has 1 aromatic carbocycles. The molecular weight excluding hydrogens is 350 g/mol. The molecule has 3 rings (SSSR count). The summed E-state index contributed by atoms with van der Waals surface area (Å²) in [6.45, 7) is 1.72. The summed E-state index contributed by atoms with van der Waals surface area (Å²) >= 11 is 1.57. The third-order valence-electron chi connectivity index (χ3n) is 4.59. The number of nitrogens with zero attached hydrogens (tertiary/aromatic N) is 2. The van der Waals surface area contributed by atoms with E-state index in [2.05, 4.69) is 4.98 Å². The van der Waals surface area contributed by atoms with Crippen molar-refractivity contribution in [1.82, 2.24) is 4.98 Å². The SMILES string of the molecule is Cc1cc(-c2ccc(SC3CCCCC3)c([N+](=O)[O-])c2)c(C#N)c(=O)[nH]1. The summed E-state index contributed by atoms with van der Waals surface area (Å²) in [7, 11) is 0. The summed E-state index contributed by atoms with van der Waals surface area (Å²) in [6, 6.07) is 8.54. The number of nitrogens with one attached hydrogen (secondary N) is 1. The molecule has 0 aliphatic heterocycles. The molecule has 6 nitrogen and oxygen atoms in total. The van der Waals surface area contributed by atoms with Crippen molar-refractivity contribution >= 4 is 17.4 Å². The number of rotatable bonds is 4. The number of thioether (sulfide) groups is 1. The van der Waals surface area contributed by atoms with Gasteiger partial charge in [0.05, 0.1) is 9.82 Å².